The number of aromatic nitrogens is 4. The Kier molecular flexibility index (Phi) is 6.40. The Morgan fingerprint density at radius 1 is 1.06 bits per heavy atom. The zero-order valence-corrected chi connectivity index (χ0v) is 20.6. The van der Waals surface area contributed by atoms with E-state index < -0.39 is 5.82 Å². The molecule has 0 saturated carbocycles. The summed E-state index contributed by atoms with van der Waals surface area (Å²) in [6, 6.07) is 9.47. The van der Waals surface area contributed by atoms with Crippen molar-refractivity contribution in [2.45, 2.75) is 26.8 Å². The molecule has 0 bridgehead atoms. The molecule has 0 atom stereocenters. The van der Waals surface area contributed by atoms with Gasteiger partial charge in [0.25, 0.3) is 5.91 Å². The van der Waals surface area contributed by atoms with Crippen molar-refractivity contribution in [1.82, 2.24) is 29.7 Å². The second-order valence-electron chi connectivity index (χ2n) is 8.78. The van der Waals surface area contributed by atoms with Gasteiger partial charge in [0, 0.05) is 44.0 Å². The van der Waals surface area contributed by atoms with Crippen LogP contribution in [0.15, 0.2) is 42.7 Å². The maximum absolute atomic E-state index is 14.6. The lowest BCUT2D eigenvalue weighted by Crippen LogP contribution is -2.50. The Bertz CT molecular complexity index is 1360. The van der Waals surface area contributed by atoms with Crippen LogP contribution in [0.5, 0.6) is 0 Å². The lowest BCUT2D eigenvalue weighted by molar-refractivity contribution is 0.0595. The van der Waals surface area contributed by atoms with Crippen LogP contribution < -0.4 is 5.32 Å². The number of nitrogens with zero attached hydrogens (tertiary/aromatic N) is 6. The van der Waals surface area contributed by atoms with E-state index in [4.69, 9.17) is 0 Å². The van der Waals surface area contributed by atoms with Crippen LogP contribution in [0.3, 0.4) is 0 Å². The van der Waals surface area contributed by atoms with Crippen molar-refractivity contribution in [2.24, 2.45) is 0 Å². The number of thiazole rings is 1. The number of amides is 1. The Hall–Kier alpha value is -3.50. The number of pyridine rings is 1. The first-order chi connectivity index (χ1) is 16.9. The number of nitrogens with one attached hydrogen (secondary N) is 1. The second kappa shape index (κ2) is 9.63. The number of hydrogen-bond acceptors (Lipinski definition) is 8. The summed E-state index contributed by atoms with van der Waals surface area (Å²) in [5.74, 6) is 0.153. The van der Waals surface area contributed by atoms with E-state index >= 15 is 0 Å². The molecule has 10 heteroatoms. The number of hydrogen-bond donors (Lipinski definition) is 1. The van der Waals surface area contributed by atoms with Gasteiger partial charge in [-0.05, 0) is 45.0 Å². The number of carbonyl (C=O) groups is 1. The van der Waals surface area contributed by atoms with Crippen molar-refractivity contribution in [3.05, 3.63) is 59.1 Å². The van der Waals surface area contributed by atoms with Gasteiger partial charge >= 0.3 is 0 Å². The number of anilines is 2. The molecule has 1 aliphatic heterocycles. The van der Waals surface area contributed by atoms with Gasteiger partial charge in [-0.2, -0.15) is 0 Å². The lowest BCUT2D eigenvalue weighted by atomic mass is 10.1. The molecule has 1 saturated heterocycles. The predicted molar refractivity (Wildman–Crippen MR) is 135 cm³/mol. The zero-order chi connectivity index (χ0) is 24.5. The first-order valence-electron chi connectivity index (χ1n) is 11.5. The van der Waals surface area contributed by atoms with Crippen LogP contribution in [-0.2, 0) is 0 Å². The highest BCUT2D eigenvalue weighted by atomic mass is 32.1. The van der Waals surface area contributed by atoms with Crippen molar-refractivity contribution < 1.29 is 9.18 Å². The maximum atomic E-state index is 14.6. The van der Waals surface area contributed by atoms with E-state index in [9.17, 15) is 9.18 Å². The molecule has 3 aromatic heterocycles. The Balaban J connectivity index is 1.29. The summed E-state index contributed by atoms with van der Waals surface area (Å²) in [6.07, 6.45) is 2.69. The normalized spacial score (nSPS) is 14.6. The summed E-state index contributed by atoms with van der Waals surface area (Å²) in [7, 11) is 0. The Morgan fingerprint density at radius 2 is 1.86 bits per heavy atom. The number of benzene rings is 1. The summed E-state index contributed by atoms with van der Waals surface area (Å²) in [4.78, 5) is 34.3. The molecule has 5 rings (SSSR count). The monoisotopic (exact) mass is 491 g/mol. The minimum absolute atomic E-state index is 0.0264. The van der Waals surface area contributed by atoms with Crippen LogP contribution in [0.2, 0.25) is 0 Å². The molecule has 1 aromatic carbocycles. The van der Waals surface area contributed by atoms with Gasteiger partial charge in [-0.3, -0.25) is 9.69 Å². The van der Waals surface area contributed by atoms with Crippen LogP contribution in [-0.4, -0.2) is 67.9 Å². The molecule has 4 heterocycles. The van der Waals surface area contributed by atoms with Crippen LogP contribution in [0.4, 0.5) is 16.2 Å². The van der Waals surface area contributed by atoms with Gasteiger partial charge in [-0.15, -0.1) is 11.3 Å². The molecule has 180 valence electrons. The zero-order valence-electron chi connectivity index (χ0n) is 19.8. The first-order valence-corrected chi connectivity index (χ1v) is 12.4. The number of rotatable bonds is 5. The topological polar surface area (TPSA) is 87.1 Å². The fourth-order valence-corrected chi connectivity index (χ4v) is 5.02. The molecule has 0 radical (unpaired) electrons. The van der Waals surface area contributed by atoms with Gasteiger partial charge in [0.15, 0.2) is 5.82 Å². The van der Waals surface area contributed by atoms with Crippen molar-refractivity contribution in [1.29, 1.82) is 0 Å². The SMILES string of the molecule is Cc1nc2ccc(-c3nc(Nc4ccc(C(=O)N5CCN(C(C)C)CC5)cn4)ncc3F)cc2s1. The van der Waals surface area contributed by atoms with Gasteiger partial charge in [-0.1, -0.05) is 6.07 Å². The fraction of sp³-hybridized carbons (Fsp3) is 0.320. The van der Waals surface area contributed by atoms with Crippen molar-refractivity contribution >= 4 is 39.2 Å². The maximum Gasteiger partial charge on any atom is 0.255 e. The third-order valence-corrected chi connectivity index (χ3v) is 7.03. The van der Waals surface area contributed by atoms with Gasteiger partial charge in [0.1, 0.15) is 11.5 Å². The van der Waals surface area contributed by atoms with Crippen molar-refractivity contribution in [3.63, 3.8) is 0 Å². The molecule has 0 unspecified atom stereocenters. The molecule has 0 aliphatic carbocycles. The van der Waals surface area contributed by atoms with E-state index in [1.807, 2.05) is 24.0 Å². The van der Waals surface area contributed by atoms with Crippen molar-refractivity contribution in [2.75, 3.05) is 31.5 Å². The fourth-order valence-electron chi connectivity index (χ4n) is 4.15. The lowest BCUT2D eigenvalue weighted by Gasteiger charge is -2.36. The van der Waals surface area contributed by atoms with E-state index in [1.54, 1.807) is 35.7 Å². The number of aryl methyl sites for hydroxylation is 1. The highest BCUT2D eigenvalue weighted by Crippen LogP contribution is 2.29. The Morgan fingerprint density at radius 3 is 2.57 bits per heavy atom. The van der Waals surface area contributed by atoms with Gasteiger partial charge in [0.2, 0.25) is 5.95 Å². The highest BCUT2D eigenvalue weighted by molar-refractivity contribution is 7.18. The summed E-state index contributed by atoms with van der Waals surface area (Å²) >= 11 is 1.55. The molecule has 1 N–H and O–H groups in total. The van der Waals surface area contributed by atoms with Crippen LogP contribution >= 0.6 is 11.3 Å². The smallest absolute Gasteiger partial charge is 0.255 e. The predicted octanol–water partition coefficient (Wildman–Crippen LogP) is 4.51. The minimum atomic E-state index is -0.511. The van der Waals surface area contributed by atoms with Crippen molar-refractivity contribution in [3.8, 4) is 11.3 Å². The van der Waals surface area contributed by atoms with Crippen LogP contribution in [0.1, 0.15) is 29.2 Å². The first kappa shape index (κ1) is 23.3. The molecular formula is C25H26FN7OS. The van der Waals surface area contributed by atoms with E-state index in [2.05, 4.69) is 44.0 Å². The van der Waals surface area contributed by atoms with E-state index in [0.717, 1.165) is 34.5 Å². The molecule has 8 nitrogen and oxygen atoms in total. The summed E-state index contributed by atoms with van der Waals surface area (Å²) in [5, 5.41) is 3.96. The molecule has 1 fully saturated rings. The molecule has 1 amide bonds. The van der Waals surface area contributed by atoms with E-state index in [0.29, 0.717) is 36.1 Å². The van der Waals surface area contributed by atoms with E-state index in [1.165, 1.54) is 0 Å². The standard InChI is InChI=1S/C25H26FN7OS/c1-15(2)32-8-10-33(11-9-32)24(34)18-5-7-22(27-13-18)30-25-28-14-19(26)23(31-25)17-4-6-20-21(12-17)35-16(3)29-20/h4-7,12-15H,8-11H2,1-3H3,(H,27,28,30,31). The quantitative estimate of drug-likeness (QED) is 0.440. The van der Waals surface area contributed by atoms with E-state index in [-0.39, 0.29) is 17.5 Å². The number of piperazine rings is 1. The molecule has 1 aliphatic rings. The summed E-state index contributed by atoms with van der Waals surface area (Å²) < 4.78 is 15.5. The largest absolute Gasteiger partial charge is 0.336 e. The number of halogens is 1. The molecule has 4 aromatic rings. The summed E-state index contributed by atoms with van der Waals surface area (Å²) in [5.41, 5.74) is 2.26. The molecule has 0 spiro atoms. The highest BCUT2D eigenvalue weighted by Gasteiger charge is 2.23. The molecule has 35 heavy (non-hydrogen) atoms. The minimum Gasteiger partial charge on any atom is -0.336 e. The summed E-state index contributed by atoms with van der Waals surface area (Å²) in [6.45, 7) is 9.43. The van der Waals surface area contributed by atoms with Gasteiger partial charge in [0.05, 0.1) is 27.0 Å². The van der Waals surface area contributed by atoms with Gasteiger partial charge < -0.3 is 10.2 Å². The number of fused-ring (bicyclic) bond motifs is 1. The second-order valence-corrected chi connectivity index (χ2v) is 10.0. The number of carbonyl (C=O) groups excluding carboxylic acids is 1. The third-order valence-electron chi connectivity index (χ3n) is 6.09. The average molecular weight is 492 g/mol. The average Bonchev–Trinajstić information content (AvgIpc) is 3.24. The molecular weight excluding hydrogens is 465 g/mol. The van der Waals surface area contributed by atoms with Crippen LogP contribution in [0.25, 0.3) is 21.5 Å². The third kappa shape index (κ3) is 4.98. The van der Waals surface area contributed by atoms with Crippen LogP contribution in [0, 0.1) is 12.7 Å². The van der Waals surface area contributed by atoms with Gasteiger partial charge in [-0.25, -0.2) is 24.3 Å². The Labute approximate surface area is 206 Å².